The van der Waals surface area contributed by atoms with Crippen molar-refractivity contribution in [1.82, 2.24) is 0 Å². The fraction of sp³-hybridized carbons (Fsp3) is 0.400. The minimum atomic E-state index is 0.683. The first-order valence-corrected chi connectivity index (χ1v) is 5.27. The highest BCUT2D eigenvalue weighted by Crippen LogP contribution is 2.28. The molecule has 0 bridgehead atoms. The highest BCUT2D eigenvalue weighted by Gasteiger charge is 2.05. The second kappa shape index (κ2) is 5.44. The molecule has 0 fully saturated rings. The first-order chi connectivity index (χ1) is 6.65. The summed E-state index contributed by atoms with van der Waals surface area (Å²) in [5.41, 5.74) is 6.39. The quantitative estimate of drug-likeness (QED) is 0.866. The molecule has 0 aliphatic carbocycles. The number of anilines is 1. The fourth-order valence-electron chi connectivity index (χ4n) is 1.23. The van der Waals surface area contributed by atoms with Gasteiger partial charge in [0.05, 0.1) is 10.7 Å². The lowest BCUT2D eigenvalue weighted by Crippen LogP contribution is -2.21. The van der Waals surface area contributed by atoms with Crippen molar-refractivity contribution >= 4 is 28.9 Å². The predicted molar refractivity (Wildman–Crippen MR) is 63.4 cm³/mol. The third-order valence-corrected chi connectivity index (χ3v) is 2.57. The smallest absolute Gasteiger partial charge is 0.0640 e. The van der Waals surface area contributed by atoms with Gasteiger partial charge in [-0.1, -0.05) is 23.2 Å². The Kier molecular flexibility index (Phi) is 4.52. The molecule has 0 saturated carbocycles. The summed E-state index contributed by atoms with van der Waals surface area (Å²) in [6.07, 6.45) is 0.944. The Labute approximate surface area is 94.6 Å². The van der Waals surface area contributed by atoms with Gasteiger partial charge >= 0.3 is 0 Å². The third kappa shape index (κ3) is 3.05. The average molecular weight is 233 g/mol. The molecule has 0 atom stereocenters. The van der Waals surface area contributed by atoms with Gasteiger partial charge in [-0.25, -0.2) is 0 Å². The summed E-state index contributed by atoms with van der Waals surface area (Å²) in [6.45, 7) is 1.57. The first kappa shape index (κ1) is 11.6. The zero-order valence-corrected chi connectivity index (χ0v) is 9.65. The van der Waals surface area contributed by atoms with E-state index in [1.54, 1.807) is 12.1 Å². The average Bonchev–Trinajstić information content (AvgIpc) is 2.18. The summed E-state index contributed by atoms with van der Waals surface area (Å²) >= 11 is 11.9. The van der Waals surface area contributed by atoms with Gasteiger partial charge in [0.2, 0.25) is 0 Å². The van der Waals surface area contributed by atoms with Crippen molar-refractivity contribution < 1.29 is 0 Å². The molecule has 0 saturated heterocycles. The minimum Gasteiger partial charge on any atom is -0.373 e. The Morgan fingerprint density at radius 3 is 2.71 bits per heavy atom. The summed E-state index contributed by atoms with van der Waals surface area (Å²) in [4.78, 5) is 2.06. The van der Waals surface area contributed by atoms with E-state index in [9.17, 15) is 0 Å². The van der Waals surface area contributed by atoms with E-state index in [2.05, 4.69) is 4.90 Å². The number of nitrogens with zero attached hydrogens (tertiary/aromatic N) is 1. The van der Waals surface area contributed by atoms with Gasteiger partial charge in [-0.15, -0.1) is 0 Å². The molecule has 0 aliphatic rings. The van der Waals surface area contributed by atoms with Crippen LogP contribution in [0.1, 0.15) is 6.42 Å². The van der Waals surface area contributed by atoms with Crippen LogP contribution < -0.4 is 10.6 Å². The van der Waals surface area contributed by atoms with E-state index in [1.807, 2.05) is 13.1 Å². The number of nitrogens with two attached hydrogens (primary N) is 1. The Balaban J connectivity index is 2.77. The van der Waals surface area contributed by atoms with Crippen LogP contribution in [-0.4, -0.2) is 20.1 Å². The van der Waals surface area contributed by atoms with Crippen LogP contribution in [0.3, 0.4) is 0 Å². The highest BCUT2D eigenvalue weighted by molar-refractivity contribution is 6.35. The van der Waals surface area contributed by atoms with Crippen molar-refractivity contribution in [3.05, 3.63) is 28.2 Å². The Bertz CT molecular complexity index is 302. The van der Waals surface area contributed by atoms with Crippen molar-refractivity contribution in [2.45, 2.75) is 6.42 Å². The lowest BCUT2D eigenvalue weighted by Gasteiger charge is -2.20. The largest absolute Gasteiger partial charge is 0.373 e. The van der Waals surface area contributed by atoms with Gasteiger partial charge in [-0.2, -0.15) is 0 Å². The number of rotatable bonds is 4. The SMILES string of the molecule is CN(CCCN)c1cc(Cl)ccc1Cl. The topological polar surface area (TPSA) is 29.3 Å². The number of hydrogen-bond donors (Lipinski definition) is 1. The van der Waals surface area contributed by atoms with Crippen LogP contribution >= 0.6 is 23.2 Å². The summed E-state index contributed by atoms with van der Waals surface area (Å²) in [6, 6.07) is 5.45. The number of benzene rings is 1. The molecular formula is C10H14Cl2N2. The van der Waals surface area contributed by atoms with E-state index in [4.69, 9.17) is 28.9 Å². The lowest BCUT2D eigenvalue weighted by atomic mass is 10.3. The molecule has 0 heterocycles. The molecule has 78 valence electrons. The highest BCUT2D eigenvalue weighted by atomic mass is 35.5. The van der Waals surface area contributed by atoms with E-state index in [0.29, 0.717) is 16.6 Å². The molecule has 14 heavy (non-hydrogen) atoms. The molecule has 1 aromatic rings. The molecule has 2 nitrogen and oxygen atoms in total. The molecule has 0 amide bonds. The van der Waals surface area contributed by atoms with E-state index in [1.165, 1.54) is 0 Å². The second-order valence-electron chi connectivity index (χ2n) is 3.16. The molecule has 0 unspecified atom stereocenters. The Morgan fingerprint density at radius 2 is 2.07 bits per heavy atom. The first-order valence-electron chi connectivity index (χ1n) is 4.51. The molecular weight excluding hydrogens is 219 g/mol. The standard InChI is InChI=1S/C10H14Cl2N2/c1-14(6-2-5-13)10-7-8(11)3-4-9(10)12/h3-4,7H,2,5-6,13H2,1H3. The second-order valence-corrected chi connectivity index (χ2v) is 4.00. The van der Waals surface area contributed by atoms with Gasteiger partial charge in [-0.05, 0) is 31.2 Å². The molecule has 0 spiro atoms. The maximum Gasteiger partial charge on any atom is 0.0640 e. The van der Waals surface area contributed by atoms with E-state index < -0.39 is 0 Å². The normalized spacial score (nSPS) is 10.3. The summed E-state index contributed by atoms with van der Waals surface area (Å²) in [5, 5.41) is 1.41. The van der Waals surface area contributed by atoms with E-state index >= 15 is 0 Å². The number of hydrogen-bond acceptors (Lipinski definition) is 2. The zero-order chi connectivity index (χ0) is 10.6. The fourth-order valence-corrected chi connectivity index (χ4v) is 1.66. The minimum absolute atomic E-state index is 0.683. The van der Waals surface area contributed by atoms with Crippen LogP contribution in [-0.2, 0) is 0 Å². The zero-order valence-electron chi connectivity index (χ0n) is 8.13. The molecule has 0 aliphatic heterocycles. The van der Waals surface area contributed by atoms with Crippen molar-refractivity contribution in [1.29, 1.82) is 0 Å². The summed E-state index contributed by atoms with van der Waals surface area (Å²) < 4.78 is 0. The Hall–Kier alpha value is -0.440. The molecule has 2 N–H and O–H groups in total. The molecule has 1 rings (SSSR count). The van der Waals surface area contributed by atoms with E-state index in [-0.39, 0.29) is 0 Å². The van der Waals surface area contributed by atoms with Gasteiger partial charge in [-0.3, -0.25) is 0 Å². The van der Waals surface area contributed by atoms with Crippen LogP contribution in [0.25, 0.3) is 0 Å². The molecule has 0 aromatic heterocycles. The van der Waals surface area contributed by atoms with Crippen LogP contribution in [0.15, 0.2) is 18.2 Å². The van der Waals surface area contributed by atoms with Crippen molar-refractivity contribution in [3.8, 4) is 0 Å². The molecule has 0 radical (unpaired) electrons. The van der Waals surface area contributed by atoms with Crippen molar-refractivity contribution in [3.63, 3.8) is 0 Å². The maximum atomic E-state index is 6.04. The molecule has 1 aromatic carbocycles. The van der Waals surface area contributed by atoms with Gasteiger partial charge in [0.25, 0.3) is 0 Å². The van der Waals surface area contributed by atoms with Crippen LogP contribution in [0, 0.1) is 0 Å². The van der Waals surface area contributed by atoms with Gasteiger partial charge in [0.15, 0.2) is 0 Å². The van der Waals surface area contributed by atoms with Gasteiger partial charge < -0.3 is 10.6 Å². The summed E-state index contributed by atoms with van der Waals surface area (Å²) in [7, 11) is 1.98. The lowest BCUT2D eigenvalue weighted by molar-refractivity contribution is 0.796. The Morgan fingerprint density at radius 1 is 1.36 bits per heavy atom. The van der Waals surface area contributed by atoms with Crippen molar-refractivity contribution in [2.24, 2.45) is 5.73 Å². The van der Waals surface area contributed by atoms with Crippen molar-refractivity contribution in [2.75, 3.05) is 25.0 Å². The van der Waals surface area contributed by atoms with Gasteiger partial charge in [0, 0.05) is 18.6 Å². The van der Waals surface area contributed by atoms with Crippen LogP contribution in [0.2, 0.25) is 10.0 Å². The van der Waals surface area contributed by atoms with Gasteiger partial charge in [0.1, 0.15) is 0 Å². The van der Waals surface area contributed by atoms with Crippen LogP contribution in [0.4, 0.5) is 5.69 Å². The monoisotopic (exact) mass is 232 g/mol. The maximum absolute atomic E-state index is 6.04. The predicted octanol–water partition coefficient (Wildman–Crippen LogP) is 2.78. The molecule has 4 heteroatoms. The number of halogens is 2. The van der Waals surface area contributed by atoms with E-state index in [0.717, 1.165) is 18.7 Å². The summed E-state index contributed by atoms with van der Waals surface area (Å²) in [5.74, 6) is 0. The van der Waals surface area contributed by atoms with Crippen LogP contribution in [0.5, 0.6) is 0 Å². The third-order valence-electron chi connectivity index (χ3n) is 2.02.